The molecule has 0 aromatic heterocycles. The summed E-state index contributed by atoms with van der Waals surface area (Å²) in [6.07, 6.45) is 2.54. The Hall–Kier alpha value is -1.26. The number of ether oxygens (including phenoxy) is 1. The van der Waals surface area contributed by atoms with Crippen molar-refractivity contribution in [1.29, 1.82) is 0 Å². The lowest BCUT2D eigenvalue weighted by molar-refractivity contribution is -0.119. The summed E-state index contributed by atoms with van der Waals surface area (Å²) in [6, 6.07) is 5.34. The van der Waals surface area contributed by atoms with Gasteiger partial charge in [-0.25, -0.2) is 0 Å². The van der Waals surface area contributed by atoms with Crippen LogP contribution < -0.4 is 15.8 Å². The number of carbonyl (C=O) groups is 1. The zero-order chi connectivity index (χ0) is 13.1. The summed E-state index contributed by atoms with van der Waals surface area (Å²) in [7, 11) is 1.54. The van der Waals surface area contributed by atoms with Crippen molar-refractivity contribution in [2.24, 2.45) is 11.7 Å². The minimum atomic E-state index is 0.0154. The number of anilines is 1. The summed E-state index contributed by atoms with van der Waals surface area (Å²) < 4.78 is 5.11. The quantitative estimate of drug-likeness (QED) is 0.885. The van der Waals surface area contributed by atoms with Gasteiger partial charge in [0.1, 0.15) is 5.75 Å². The van der Waals surface area contributed by atoms with Crippen molar-refractivity contribution in [3.63, 3.8) is 0 Å². The third-order valence-corrected chi connectivity index (χ3v) is 3.57. The van der Waals surface area contributed by atoms with Crippen LogP contribution in [0, 0.1) is 5.92 Å². The van der Waals surface area contributed by atoms with Crippen molar-refractivity contribution in [1.82, 2.24) is 0 Å². The molecule has 0 heterocycles. The Morgan fingerprint density at radius 1 is 1.50 bits per heavy atom. The zero-order valence-electron chi connectivity index (χ0n) is 10.3. The maximum Gasteiger partial charge on any atom is 0.227 e. The molecule has 0 saturated heterocycles. The monoisotopic (exact) mass is 268 g/mol. The van der Waals surface area contributed by atoms with E-state index < -0.39 is 0 Å². The van der Waals surface area contributed by atoms with Gasteiger partial charge in [0, 0.05) is 23.7 Å². The van der Waals surface area contributed by atoms with Gasteiger partial charge in [0.05, 0.1) is 12.1 Å². The first-order valence-electron chi connectivity index (χ1n) is 6.00. The molecule has 0 bridgehead atoms. The lowest BCUT2D eigenvalue weighted by Crippen LogP contribution is -2.23. The Labute approximate surface area is 111 Å². The third kappa shape index (κ3) is 2.94. The summed E-state index contributed by atoms with van der Waals surface area (Å²) >= 11 is 5.92. The number of carbonyl (C=O) groups excluding carboxylic acids is 1. The van der Waals surface area contributed by atoms with Gasteiger partial charge >= 0.3 is 0 Å². The van der Waals surface area contributed by atoms with Crippen LogP contribution in [0.1, 0.15) is 19.3 Å². The number of rotatable bonds is 3. The molecule has 0 aliphatic heterocycles. The lowest BCUT2D eigenvalue weighted by Gasteiger charge is -2.12. The second-order valence-electron chi connectivity index (χ2n) is 4.61. The molecule has 0 radical (unpaired) electrons. The van der Waals surface area contributed by atoms with Crippen LogP contribution in [0.15, 0.2) is 18.2 Å². The molecular formula is C13H17ClN2O2. The second-order valence-corrected chi connectivity index (χ2v) is 5.02. The van der Waals surface area contributed by atoms with Crippen molar-refractivity contribution >= 4 is 23.2 Å². The van der Waals surface area contributed by atoms with Crippen molar-refractivity contribution < 1.29 is 9.53 Å². The standard InChI is InChI=1S/C13H17ClN2O2/c1-18-12-7-10(4-5-11(12)14)16-13(17)8-2-3-9(15)6-8/h4-5,7-9H,2-3,6,15H2,1H3,(H,16,17). The van der Waals surface area contributed by atoms with Crippen molar-refractivity contribution in [2.75, 3.05) is 12.4 Å². The number of hydrogen-bond acceptors (Lipinski definition) is 3. The first-order chi connectivity index (χ1) is 8.60. The largest absolute Gasteiger partial charge is 0.495 e. The van der Waals surface area contributed by atoms with E-state index in [-0.39, 0.29) is 17.9 Å². The molecule has 3 N–H and O–H groups in total. The molecule has 1 amide bonds. The summed E-state index contributed by atoms with van der Waals surface area (Å²) in [5.74, 6) is 0.589. The number of nitrogens with two attached hydrogens (primary N) is 1. The van der Waals surface area contributed by atoms with Crippen LogP contribution in [0.2, 0.25) is 5.02 Å². The SMILES string of the molecule is COc1cc(NC(=O)C2CCC(N)C2)ccc1Cl. The first-order valence-corrected chi connectivity index (χ1v) is 6.38. The zero-order valence-corrected chi connectivity index (χ0v) is 11.0. The fourth-order valence-electron chi connectivity index (χ4n) is 2.24. The number of hydrogen-bond donors (Lipinski definition) is 2. The van der Waals surface area contributed by atoms with Gasteiger partial charge in [0.25, 0.3) is 0 Å². The van der Waals surface area contributed by atoms with E-state index in [0.717, 1.165) is 19.3 Å². The molecular weight excluding hydrogens is 252 g/mol. The van der Waals surface area contributed by atoms with Crippen molar-refractivity contribution in [3.05, 3.63) is 23.2 Å². The normalized spacial score (nSPS) is 22.8. The molecule has 2 atom stereocenters. The Balaban J connectivity index is 2.03. The van der Waals surface area contributed by atoms with Crippen molar-refractivity contribution in [2.45, 2.75) is 25.3 Å². The molecule has 1 aromatic rings. The Morgan fingerprint density at radius 3 is 2.89 bits per heavy atom. The van der Waals surface area contributed by atoms with Crippen LogP contribution in [0.5, 0.6) is 5.75 Å². The maximum atomic E-state index is 12.0. The van der Waals surface area contributed by atoms with Gasteiger partial charge in [-0.3, -0.25) is 4.79 Å². The minimum absolute atomic E-state index is 0.0154. The molecule has 0 spiro atoms. The summed E-state index contributed by atoms with van der Waals surface area (Å²) in [6.45, 7) is 0. The predicted octanol–water partition coefficient (Wildman–Crippen LogP) is 2.41. The van der Waals surface area contributed by atoms with E-state index in [1.165, 1.54) is 0 Å². The highest BCUT2D eigenvalue weighted by molar-refractivity contribution is 6.32. The number of halogens is 1. The van der Waals surface area contributed by atoms with E-state index in [4.69, 9.17) is 22.1 Å². The van der Waals surface area contributed by atoms with Gasteiger partial charge in [-0.1, -0.05) is 11.6 Å². The van der Waals surface area contributed by atoms with Crippen LogP contribution in [0.3, 0.4) is 0 Å². The Morgan fingerprint density at radius 2 is 2.28 bits per heavy atom. The summed E-state index contributed by atoms with van der Waals surface area (Å²) in [4.78, 5) is 12.0. The second kappa shape index (κ2) is 5.59. The van der Waals surface area contributed by atoms with Gasteiger partial charge in [0.2, 0.25) is 5.91 Å². The van der Waals surface area contributed by atoms with E-state index in [1.54, 1.807) is 25.3 Å². The number of amides is 1. The topological polar surface area (TPSA) is 64.3 Å². The van der Waals surface area contributed by atoms with Crippen LogP contribution >= 0.6 is 11.6 Å². The Bertz CT molecular complexity index is 451. The molecule has 1 saturated carbocycles. The predicted molar refractivity (Wildman–Crippen MR) is 72.0 cm³/mol. The number of nitrogens with one attached hydrogen (secondary N) is 1. The van der Waals surface area contributed by atoms with Crippen LogP contribution in [-0.4, -0.2) is 19.1 Å². The average Bonchev–Trinajstić information content (AvgIpc) is 2.78. The molecule has 4 nitrogen and oxygen atoms in total. The molecule has 98 valence electrons. The smallest absolute Gasteiger partial charge is 0.227 e. The van der Waals surface area contributed by atoms with E-state index in [9.17, 15) is 4.79 Å². The molecule has 1 aliphatic rings. The van der Waals surface area contributed by atoms with Crippen molar-refractivity contribution in [3.8, 4) is 5.75 Å². The fraction of sp³-hybridized carbons (Fsp3) is 0.462. The van der Waals surface area contributed by atoms with Gasteiger partial charge in [-0.2, -0.15) is 0 Å². The molecule has 1 fully saturated rings. The molecule has 2 unspecified atom stereocenters. The van der Waals surface area contributed by atoms with Crippen LogP contribution in [0.25, 0.3) is 0 Å². The number of methoxy groups -OCH3 is 1. The first kappa shape index (κ1) is 13.2. The highest BCUT2D eigenvalue weighted by Crippen LogP contribution is 2.29. The summed E-state index contributed by atoms with van der Waals surface area (Å²) in [5.41, 5.74) is 6.50. The third-order valence-electron chi connectivity index (χ3n) is 3.26. The van der Waals surface area contributed by atoms with E-state index in [2.05, 4.69) is 5.32 Å². The highest BCUT2D eigenvalue weighted by Gasteiger charge is 2.27. The molecule has 1 aliphatic carbocycles. The Kier molecular flexibility index (Phi) is 4.09. The molecule has 1 aromatic carbocycles. The van der Waals surface area contributed by atoms with Crippen LogP contribution in [0.4, 0.5) is 5.69 Å². The number of benzene rings is 1. The highest BCUT2D eigenvalue weighted by atomic mass is 35.5. The fourth-order valence-corrected chi connectivity index (χ4v) is 2.43. The minimum Gasteiger partial charge on any atom is -0.495 e. The van der Waals surface area contributed by atoms with E-state index in [0.29, 0.717) is 16.5 Å². The van der Waals surface area contributed by atoms with Gasteiger partial charge in [-0.15, -0.1) is 0 Å². The molecule has 18 heavy (non-hydrogen) atoms. The van der Waals surface area contributed by atoms with E-state index >= 15 is 0 Å². The van der Waals surface area contributed by atoms with Gasteiger partial charge < -0.3 is 15.8 Å². The maximum absolute atomic E-state index is 12.0. The average molecular weight is 269 g/mol. The lowest BCUT2D eigenvalue weighted by atomic mass is 10.1. The molecule has 5 heteroatoms. The summed E-state index contributed by atoms with van der Waals surface area (Å²) in [5, 5.41) is 3.40. The van der Waals surface area contributed by atoms with E-state index in [1.807, 2.05) is 0 Å². The van der Waals surface area contributed by atoms with Gasteiger partial charge in [-0.05, 0) is 31.4 Å². The van der Waals surface area contributed by atoms with Crippen LogP contribution in [-0.2, 0) is 4.79 Å². The van der Waals surface area contributed by atoms with Gasteiger partial charge in [0.15, 0.2) is 0 Å². The molecule has 2 rings (SSSR count).